The minimum atomic E-state index is -0.804. The summed E-state index contributed by atoms with van der Waals surface area (Å²) in [6, 6.07) is 21.0. The van der Waals surface area contributed by atoms with Gasteiger partial charge in [-0.15, -0.1) is 5.10 Å². The van der Waals surface area contributed by atoms with Crippen LogP contribution in [0, 0.1) is 6.92 Å². The number of ether oxygens (including phenoxy) is 1. The second kappa shape index (κ2) is 9.34. The smallest absolute Gasteiger partial charge is 0.378 e. The number of hydrogen-bond acceptors (Lipinski definition) is 5. The van der Waals surface area contributed by atoms with E-state index in [0.29, 0.717) is 27.0 Å². The van der Waals surface area contributed by atoms with E-state index < -0.39 is 12.6 Å². The molecule has 0 N–H and O–H groups in total. The van der Waals surface area contributed by atoms with Crippen molar-refractivity contribution in [1.82, 2.24) is 14.8 Å². The number of aromatic nitrogens is 3. The van der Waals surface area contributed by atoms with Gasteiger partial charge in [0.1, 0.15) is 0 Å². The number of nitrogens with zero attached hydrogens (tertiary/aromatic N) is 3. The summed E-state index contributed by atoms with van der Waals surface area (Å²) < 4.78 is 6.73. The van der Waals surface area contributed by atoms with Crippen molar-refractivity contribution < 1.29 is 14.3 Å². The summed E-state index contributed by atoms with van der Waals surface area (Å²) in [6.45, 7) is 1.52. The minimum Gasteiger partial charge on any atom is -0.451 e. The summed E-state index contributed by atoms with van der Waals surface area (Å²) >= 11 is 12.0. The molecule has 0 fully saturated rings. The molecule has 0 spiro atoms. The molecule has 0 bridgehead atoms. The van der Waals surface area contributed by atoms with E-state index >= 15 is 0 Å². The molecule has 0 aliphatic heterocycles. The van der Waals surface area contributed by atoms with Crippen molar-refractivity contribution in [3.8, 4) is 17.1 Å². The van der Waals surface area contributed by atoms with Crippen molar-refractivity contribution >= 4 is 35.0 Å². The number of ketones is 1. The van der Waals surface area contributed by atoms with E-state index in [4.69, 9.17) is 27.9 Å². The number of carbonyl (C=O) groups is 2. The van der Waals surface area contributed by atoms with Crippen molar-refractivity contribution in [3.05, 3.63) is 99.8 Å². The summed E-state index contributed by atoms with van der Waals surface area (Å²) in [4.78, 5) is 29.3. The lowest BCUT2D eigenvalue weighted by Gasteiger charge is -2.07. The molecule has 4 rings (SSSR count). The maximum atomic E-state index is 12.6. The quantitative estimate of drug-likeness (QED) is 0.274. The van der Waals surface area contributed by atoms with Crippen molar-refractivity contribution in [3.63, 3.8) is 0 Å². The van der Waals surface area contributed by atoms with E-state index in [1.165, 1.54) is 0 Å². The van der Waals surface area contributed by atoms with Crippen LogP contribution in [-0.2, 0) is 4.74 Å². The standard InChI is InChI=1S/C24H17Cl2N3O3/c1-15-4-2-7-20(12-15)29-23(17-5-3-6-19(26)13-17)27-22(28-29)24(31)32-14-21(30)16-8-10-18(25)11-9-16/h2-13H,14H2,1H3. The van der Waals surface area contributed by atoms with E-state index in [0.717, 1.165) is 11.3 Å². The van der Waals surface area contributed by atoms with Crippen LogP contribution < -0.4 is 0 Å². The number of aryl methyl sites for hydroxylation is 1. The van der Waals surface area contributed by atoms with Gasteiger partial charge >= 0.3 is 5.97 Å². The number of esters is 1. The van der Waals surface area contributed by atoms with Gasteiger partial charge in [0.15, 0.2) is 18.2 Å². The van der Waals surface area contributed by atoms with Crippen molar-refractivity contribution in [2.24, 2.45) is 0 Å². The molecule has 3 aromatic carbocycles. The molecule has 0 aliphatic rings. The lowest BCUT2D eigenvalue weighted by molar-refractivity contribution is 0.0462. The normalized spacial score (nSPS) is 10.7. The Hall–Kier alpha value is -3.48. The van der Waals surface area contributed by atoms with Crippen molar-refractivity contribution in [2.45, 2.75) is 6.92 Å². The summed E-state index contributed by atoms with van der Waals surface area (Å²) in [5.74, 6) is -0.898. The highest BCUT2D eigenvalue weighted by molar-refractivity contribution is 6.31. The molecule has 0 atom stereocenters. The van der Waals surface area contributed by atoms with E-state index in [2.05, 4.69) is 10.1 Å². The summed E-state index contributed by atoms with van der Waals surface area (Å²) in [7, 11) is 0. The van der Waals surface area contributed by atoms with E-state index in [-0.39, 0.29) is 11.6 Å². The van der Waals surface area contributed by atoms with Crippen LogP contribution in [0.1, 0.15) is 26.5 Å². The molecule has 160 valence electrons. The second-order valence-corrected chi connectivity index (χ2v) is 7.90. The predicted octanol–water partition coefficient (Wildman–Crippen LogP) is 5.59. The van der Waals surface area contributed by atoms with Gasteiger partial charge in [-0.05, 0) is 61.0 Å². The van der Waals surface area contributed by atoms with Gasteiger partial charge in [0.05, 0.1) is 5.69 Å². The highest BCUT2D eigenvalue weighted by Gasteiger charge is 2.21. The van der Waals surface area contributed by atoms with Gasteiger partial charge < -0.3 is 4.74 Å². The van der Waals surface area contributed by atoms with Crippen molar-refractivity contribution in [1.29, 1.82) is 0 Å². The molecule has 0 saturated heterocycles. The predicted molar refractivity (Wildman–Crippen MR) is 123 cm³/mol. The highest BCUT2D eigenvalue weighted by Crippen LogP contribution is 2.24. The Morgan fingerprint density at radius 1 is 0.938 bits per heavy atom. The van der Waals surface area contributed by atoms with Crippen molar-refractivity contribution in [2.75, 3.05) is 6.61 Å². The summed E-state index contributed by atoms with van der Waals surface area (Å²) in [5, 5.41) is 5.39. The van der Waals surface area contributed by atoms with Crippen LogP contribution in [0.2, 0.25) is 10.0 Å². The van der Waals surface area contributed by atoms with Gasteiger partial charge in [0.25, 0.3) is 5.82 Å². The molecule has 0 amide bonds. The maximum absolute atomic E-state index is 12.6. The zero-order chi connectivity index (χ0) is 22.7. The SMILES string of the molecule is Cc1cccc(-n2nc(C(=O)OCC(=O)c3ccc(Cl)cc3)nc2-c2cccc(Cl)c2)c1. The van der Waals surface area contributed by atoms with Crippen LogP contribution in [0.4, 0.5) is 0 Å². The van der Waals surface area contributed by atoms with Gasteiger partial charge in [0.2, 0.25) is 0 Å². The lowest BCUT2D eigenvalue weighted by Crippen LogP contribution is -2.15. The van der Waals surface area contributed by atoms with Gasteiger partial charge in [0, 0.05) is 21.2 Å². The third kappa shape index (κ3) is 4.88. The van der Waals surface area contributed by atoms with Gasteiger partial charge in [-0.2, -0.15) is 0 Å². The van der Waals surface area contributed by atoms with Gasteiger partial charge in [-0.1, -0.05) is 47.5 Å². The molecule has 0 aliphatic carbocycles. The fourth-order valence-corrected chi connectivity index (χ4v) is 3.38. The first-order valence-corrected chi connectivity index (χ1v) is 10.4. The average Bonchev–Trinajstić information content (AvgIpc) is 3.23. The first-order valence-electron chi connectivity index (χ1n) is 9.66. The Labute approximate surface area is 194 Å². The maximum Gasteiger partial charge on any atom is 0.378 e. The zero-order valence-corrected chi connectivity index (χ0v) is 18.5. The lowest BCUT2D eigenvalue weighted by atomic mass is 10.1. The third-order valence-corrected chi connectivity index (χ3v) is 5.11. The van der Waals surface area contributed by atoms with Crippen LogP contribution in [0.25, 0.3) is 17.1 Å². The molecule has 0 saturated carbocycles. The minimum absolute atomic E-state index is 0.162. The number of Topliss-reactive ketones (excluding diaryl/α,β-unsaturated/α-hetero) is 1. The Bertz CT molecular complexity index is 1240. The van der Waals surface area contributed by atoms with Crippen LogP contribution in [0.3, 0.4) is 0 Å². The Morgan fingerprint density at radius 2 is 1.69 bits per heavy atom. The molecule has 1 heterocycles. The first-order chi connectivity index (χ1) is 15.4. The highest BCUT2D eigenvalue weighted by atomic mass is 35.5. The molecule has 0 radical (unpaired) electrons. The molecule has 1 aromatic heterocycles. The van der Waals surface area contributed by atoms with Gasteiger partial charge in [-0.3, -0.25) is 4.79 Å². The van der Waals surface area contributed by atoms with Crippen LogP contribution >= 0.6 is 23.2 Å². The monoisotopic (exact) mass is 465 g/mol. The van der Waals surface area contributed by atoms with Crippen LogP contribution in [-0.4, -0.2) is 33.1 Å². The largest absolute Gasteiger partial charge is 0.451 e. The van der Waals surface area contributed by atoms with Crippen LogP contribution in [0.15, 0.2) is 72.8 Å². The van der Waals surface area contributed by atoms with Gasteiger partial charge in [-0.25, -0.2) is 14.5 Å². The molecule has 4 aromatic rings. The number of carbonyl (C=O) groups excluding carboxylic acids is 2. The Kier molecular flexibility index (Phi) is 6.35. The number of halogens is 2. The first kappa shape index (κ1) is 21.7. The molecule has 6 nitrogen and oxygen atoms in total. The second-order valence-electron chi connectivity index (χ2n) is 7.03. The molecule has 8 heteroatoms. The molecular weight excluding hydrogens is 449 g/mol. The fourth-order valence-electron chi connectivity index (χ4n) is 3.07. The Balaban J connectivity index is 1.62. The van der Waals surface area contributed by atoms with E-state index in [1.54, 1.807) is 47.1 Å². The summed E-state index contributed by atoms with van der Waals surface area (Å²) in [5.41, 5.74) is 2.82. The topological polar surface area (TPSA) is 74.1 Å². The number of rotatable bonds is 6. The zero-order valence-electron chi connectivity index (χ0n) is 17.0. The van der Waals surface area contributed by atoms with Crippen LogP contribution in [0.5, 0.6) is 0 Å². The summed E-state index contributed by atoms with van der Waals surface area (Å²) in [6.07, 6.45) is 0. The number of hydrogen-bond donors (Lipinski definition) is 0. The number of benzene rings is 3. The van der Waals surface area contributed by atoms with E-state index in [9.17, 15) is 9.59 Å². The molecular formula is C24H17Cl2N3O3. The Morgan fingerprint density at radius 3 is 2.41 bits per heavy atom. The molecule has 32 heavy (non-hydrogen) atoms. The third-order valence-electron chi connectivity index (χ3n) is 4.62. The average molecular weight is 466 g/mol. The fraction of sp³-hybridized carbons (Fsp3) is 0.0833. The molecule has 0 unspecified atom stereocenters. The van der Waals surface area contributed by atoms with E-state index in [1.807, 2.05) is 37.3 Å².